The molecule has 29 heavy (non-hydrogen) atoms. The number of likely N-dealkylation sites (tertiary alicyclic amines) is 1. The van der Waals surface area contributed by atoms with Crippen LogP contribution in [0.4, 0.5) is 0 Å². The monoisotopic (exact) mass is 386 g/mol. The summed E-state index contributed by atoms with van der Waals surface area (Å²) in [5.41, 5.74) is 4.58. The average molecular weight is 386 g/mol. The standard InChI is InChI=1S/C23H22N4O2/c1-17-6-5-11-27-14-20(25-21(17)27)23(18-7-3-2-4-8-18)9-12-26(13-10-23)22(28)19-15-29-16-24-19/h2-8,11,14-16H,9-10,12-13H2,1H3. The van der Waals surface area contributed by atoms with Crippen LogP contribution in [-0.2, 0) is 5.41 Å². The van der Waals surface area contributed by atoms with Crippen molar-refractivity contribution < 1.29 is 9.21 Å². The molecule has 0 radical (unpaired) electrons. The number of pyridine rings is 1. The lowest BCUT2D eigenvalue weighted by Gasteiger charge is -2.41. The zero-order valence-corrected chi connectivity index (χ0v) is 16.3. The Bertz CT molecular complexity index is 1140. The molecule has 0 N–H and O–H groups in total. The van der Waals surface area contributed by atoms with Gasteiger partial charge in [-0.05, 0) is 37.0 Å². The number of amides is 1. The number of oxazole rings is 1. The molecule has 0 spiro atoms. The van der Waals surface area contributed by atoms with Crippen LogP contribution in [0, 0.1) is 6.92 Å². The SMILES string of the molecule is Cc1cccn2cc(C3(c4ccccc4)CCN(C(=O)c4cocn4)CC3)nc12. The molecule has 1 aliphatic rings. The molecule has 146 valence electrons. The second-order valence-electron chi connectivity index (χ2n) is 7.66. The number of aryl methyl sites for hydroxylation is 1. The first-order valence-corrected chi connectivity index (χ1v) is 9.85. The lowest BCUT2D eigenvalue weighted by Crippen LogP contribution is -2.46. The molecule has 3 aromatic heterocycles. The number of carbonyl (C=O) groups is 1. The van der Waals surface area contributed by atoms with Crippen LogP contribution < -0.4 is 0 Å². The lowest BCUT2D eigenvalue weighted by atomic mass is 9.70. The molecule has 0 saturated carbocycles. The molecular formula is C23H22N4O2. The molecule has 4 aromatic rings. The van der Waals surface area contributed by atoms with E-state index in [9.17, 15) is 4.79 Å². The average Bonchev–Trinajstić information content (AvgIpc) is 3.45. The molecule has 6 nitrogen and oxygen atoms in total. The van der Waals surface area contributed by atoms with Crippen LogP contribution >= 0.6 is 0 Å². The Kier molecular flexibility index (Phi) is 4.19. The number of hydrogen-bond acceptors (Lipinski definition) is 4. The van der Waals surface area contributed by atoms with Crippen molar-refractivity contribution in [3.63, 3.8) is 0 Å². The molecule has 5 rings (SSSR count). The van der Waals surface area contributed by atoms with Crippen LogP contribution in [0.3, 0.4) is 0 Å². The zero-order valence-electron chi connectivity index (χ0n) is 16.3. The molecule has 0 atom stereocenters. The van der Waals surface area contributed by atoms with E-state index in [2.05, 4.69) is 52.8 Å². The number of piperidine rings is 1. The summed E-state index contributed by atoms with van der Waals surface area (Å²) in [4.78, 5) is 23.6. The summed E-state index contributed by atoms with van der Waals surface area (Å²) < 4.78 is 7.08. The van der Waals surface area contributed by atoms with Gasteiger partial charge in [-0.3, -0.25) is 4.79 Å². The number of benzene rings is 1. The minimum Gasteiger partial charge on any atom is -0.451 e. The maximum absolute atomic E-state index is 12.7. The molecule has 0 aliphatic carbocycles. The molecule has 1 saturated heterocycles. The third-order valence-corrected chi connectivity index (χ3v) is 6.05. The van der Waals surface area contributed by atoms with Crippen LogP contribution in [0.25, 0.3) is 5.65 Å². The van der Waals surface area contributed by atoms with Crippen LogP contribution in [0.5, 0.6) is 0 Å². The van der Waals surface area contributed by atoms with Gasteiger partial charge in [0.15, 0.2) is 12.1 Å². The summed E-state index contributed by atoms with van der Waals surface area (Å²) in [6.45, 7) is 3.38. The van der Waals surface area contributed by atoms with Gasteiger partial charge in [-0.25, -0.2) is 9.97 Å². The number of rotatable bonds is 3. The fourth-order valence-electron chi connectivity index (χ4n) is 4.41. The first kappa shape index (κ1) is 17.7. The summed E-state index contributed by atoms with van der Waals surface area (Å²) in [6, 6.07) is 14.7. The Balaban J connectivity index is 1.53. The minimum atomic E-state index is -0.222. The van der Waals surface area contributed by atoms with Gasteiger partial charge in [-0.1, -0.05) is 36.4 Å². The Labute approximate surface area is 168 Å². The predicted octanol–water partition coefficient (Wildman–Crippen LogP) is 3.85. The maximum atomic E-state index is 12.7. The van der Waals surface area contributed by atoms with Crippen molar-refractivity contribution in [1.29, 1.82) is 0 Å². The van der Waals surface area contributed by atoms with Crippen LogP contribution in [0.2, 0.25) is 0 Å². The summed E-state index contributed by atoms with van der Waals surface area (Å²) in [6.07, 6.45) is 8.51. The molecule has 6 heteroatoms. The van der Waals surface area contributed by atoms with E-state index in [0.717, 1.165) is 29.7 Å². The van der Waals surface area contributed by atoms with Crippen LogP contribution in [0.15, 0.2) is 71.9 Å². The van der Waals surface area contributed by atoms with Gasteiger partial charge in [0.05, 0.1) is 5.69 Å². The second kappa shape index (κ2) is 6.88. The Morgan fingerprint density at radius 3 is 2.59 bits per heavy atom. The molecule has 1 aliphatic heterocycles. The predicted molar refractivity (Wildman–Crippen MR) is 109 cm³/mol. The van der Waals surface area contributed by atoms with Gasteiger partial charge in [0, 0.05) is 30.9 Å². The largest absolute Gasteiger partial charge is 0.451 e. The minimum absolute atomic E-state index is 0.0775. The molecule has 0 unspecified atom stereocenters. The number of carbonyl (C=O) groups excluding carboxylic acids is 1. The molecule has 4 heterocycles. The number of aromatic nitrogens is 3. The van der Waals surface area contributed by atoms with Crippen molar-refractivity contribution >= 4 is 11.6 Å². The summed E-state index contributed by atoms with van der Waals surface area (Å²) in [7, 11) is 0. The third kappa shape index (κ3) is 2.92. The van der Waals surface area contributed by atoms with Crippen molar-refractivity contribution in [1.82, 2.24) is 19.3 Å². The highest BCUT2D eigenvalue weighted by atomic mass is 16.3. The normalized spacial score (nSPS) is 16.2. The number of hydrogen-bond donors (Lipinski definition) is 0. The van der Waals surface area contributed by atoms with Crippen molar-refractivity contribution in [2.45, 2.75) is 25.2 Å². The third-order valence-electron chi connectivity index (χ3n) is 6.05. The van der Waals surface area contributed by atoms with Gasteiger partial charge in [0.25, 0.3) is 5.91 Å². The zero-order chi connectivity index (χ0) is 19.8. The van der Waals surface area contributed by atoms with Crippen molar-refractivity contribution in [2.75, 3.05) is 13.1 Å². The van der Waals surface area contributed by atoms with E-state index in [1.54, 1.807) is 0 Å². The smallest absolute Gasteiger partial charge is 0.275 e. The molecule has 1 amide bonds. The lowest BCUT2D eigenvalue weighted by molar-refractivity contribution is 0.0678. The highest BCUT2D eigenvalue weighted by Gasteiger charge is 2.41. The quantitative estimate of drug-likeness (QED) is 0.536. The highest BCUT2D eigenvalue weighted by Crippen LogP contribution is 2.41. The first-order chi connectivity index (χ1) is 14.2. The van der Waals surface area contributed by atoms with Crippen LogP contribution in [-0.4, -0.2) is 38.3 Å². The Hall–Kier alpha value is -3.41. The van der Waals surface area contributed by atoms with E-state index in [0.29, 0.717) is 18.8 Å². The number of imidazole rings is 1. The van der Waals surface area contributed by atoms with Gasteiger partial charge in [-0.15, -0.1) is 0 Å². The van der Waals surface area contributed by atoms with E-state index >= 15 is 0 Å². The fourth-order valence-corrected chi connectivity index (χ4v) is 4.41. The summed E-state index contributed by atoms with van der Waals surface area (Å²) >= 11 is 0. The van der Waals surface area contributed by atoms with Crippen molar-refractivity contribution in [3.05, 3.63) is 90.0 Å². The van der Waals surface area contributed by atoms with Gasteiger partial charge < -0.3 is 13.7 Å². The van der Waals surface area contributed by atoms with Crippen LogP contribution in [0.1, 0.15) is 40.2 Å². The van der Waals surface area contributed by atoms with E-state index in [4.69, 9.17) is 9.40 Å². The van der Waals surface area contributed by atoms with Gasteiger partial charge in [-0.2, -0.15) is 0 Å². The molecular weight excluding hydrogens is 364 g/mol. The van der Waals surface area contributed by atoms with E-state index in [-0.39, 0.29) is 11.3 Å². The summed E-state index contributed by atoms with van der Waals surface area (Å²) in [5, 5.41) is 0. The van der Waals surface area contributed by atoms with Crippen molar-refractivity contribution in [3.8, 4) is 0 Å². The summed E-state index contributed by atoms with van der Waals surface area (Å²) in [5.74, 6) is -0.0775. The number of fused-ring (bicyclic) bond motifs is 1. The Morgan fingerprint density at radius 1 is 1.10 bits per heavy atom. The molecule has 1 aromatic carbocycles. The molecule has 1 fully saturated rings. The van der Waals surface area contributed by atoms with E-state index in [1.165, 1.54) is 18.2 Å². The first-order valence-electron chi connectivity index (χ1n) is 9.85. The van der Waals surface area contributed by atoms with E-state index < -0.39 is 0 Å². The second-order valence-corrected chi connectivity index (χ2v) is 7.66. The highest BCUT2D eigenvalue weighted by molar-refractivity contribution is 5.92. The maximum Gasteiger partial charge on any atom is 0.275 e. The van der Waals surface area contributed by atoms with Gasteiger partial charge in [0.2, 0.25) is 0 Å². The number of nitrogens with zero attached hydrogens (tertiary/aromatic N) is 4. The van der Waals surface area contributed by atoms with Gasteiger partial charge in [0.1, 0.15) is 11.9 Å². The fraction of sp³-hybridized carbons (Fsp3) is 0.261. The van der Waals surface area contributed by atoms with Crippen molar-refractivity contribution in [2.24, 2.45) is 0 Å². The van der Waals surface area contributed by atoms with E-state index in [1.807, 2.05) is 23.2 Å². The topological polar surface area (TPSA) is 63.6 Å². The Morgan fingerprint density at radius 2 is 1.90 bits per heavy atom. The molecule has 0 bridgehead atoms. The van der Waals surface area contributed by atoms with Gasteiger partial charge >= 0.3 is 0 Å².